The molecule has 0 spiro atoms. The van der Waals surface area contributed by atoms with Crippen molar-refractivity contribution < 1.29 is 18.3 Å². The Hall–Kier alpha value is -2.70. The summed E-state index contributed by atoms with van der Waals surface area (Å²) in [6, 6.07) is 6.13. The number of amides is 1. The Labute approximate surface area is 113 Å². The highest BCUT2D eigenvalue weighted by molar-refractivity contribution is 5.94. The maximum absolute atomic E-state index is 13.4. The Bertz CT molecular complexity index is 618. The Kier molecular flexibility index (Phi) is 4.09. The van der Waals surface area contributed by atoms with Crippen LogP contribution in [0.1, 0.15) is 10.4 Å². The van der Waals surface area contributed by atoms with E-state index >= 15 is 0 Å². The lowest BCUT2D eigenvalue weighted by atomic mass is 10.2. The first-order valence-electron chi connectivity index (χ1n) is 5.61. The van der Waals surface area contributed by atoms with Gasteiger partial charge in [-0.15, -0.1) is 0 Å². The Morgan fingerprint density at radius 2 is 1.95 bits per heavy atom. The first kappa shape index (κ1) is 13.7. The van der Waals surface area contributed by atoms with Gasteiger partial charge >= 0.3 is 0 Å². The lowest BCUT2D eigenvalue weighted by Crippen LogP contribution is -2.29. The number of hydrogen-bond donors (Lipinski definition) is 2. The van der Waals surface area contributed by atoms with Crippen LogP contribution in [0.4, 0.5) is 14.5 Å². The van der Waals surface area contributed by atoms with Crippen molar-refractivity contribution >= 4 is 11.6 Å². The van der Waals surface area contributed by atoms with Crippen molar-refractivity contribution in [1.29, 1.82) is 0 Å². The van der Waals surface area contributed by atoms with Gasteiger partial charge in [0.25, 0.3) is 5.91 Å². The van der Waals surface area contributed by atoms with Gasteiger partial charge in [0.1, 0.15) is 5.82 Å². The number of methoxy groups -OCH3 is 1. The van der Waals surface area contributed by atoms with E-state index in [0.29, 0.717) is 0 Å². The number of ether oxygens (including phenoxy) is 1. The van der Waals surface area contributed by atoms with Crippen LogP contribution in [0.3, 0.4) is 0 Å². The van der Waals surface area contributed by atoms with Gasteiger partial charge in [-0.05, 0) is 24.3 Å². The molecule has 5 nitrogen and oxygen atoms in total. The fourth-order valence-electron chi connectivity index (χ4n) is 1.45. The highest BCUT2D eigenvalue weighted by atomic mass is 19.1. The molecule has 7 heteroatoms. The van der Waals surface area contributed by atoms with Crippen molar-refractivity contribution in [2.45, 2.75) is 0 Å². The number of anilines is 1. The lowest BCUT2D eigenvalue weighted by molar-refractivity contribution is 0.0962. The SMILES string of the molecule is COc1ncc(NNC(=O)c2ccc(F)cc2)cc1F. The van der Waals surface area contributed by atoms with Gasteiger partial charge < -0.3 is 4.74 Å². The number of halogens is 2. The Morgan fingerprint density at radius 3 is 2.55 bits per heavy atom. The second-order valence-corrected chi connectivity index (χ2v) is 3.80. The number of benzene rings is 1. The van der Waals surface area contributed by atoms with Crippen molar-refractivity contribution in [3.63, 3.8) is 0 Å². The minimum Gasteiger partial charge on any atom is -0.479 e. The predicted octanol–water partition coefficient (Wildman–Crippen LogP) is 2.13. The Balaban J connectivity index is 1.99. The molecule has 1 heterocycles. The monoisotopic (exact) mass is 279 g/mol. The molecular formula is C13H11F2N3O2. The van der Waals surface area contributed by atoms with Crippen molar-refractivity contribution in [2.75, 3.05) is 12.5 Å². The molecule has 0 saturated carbocycles. The van der Waals surface area contributed by atoms with Crippen molar-refractivity contribution in [3.05, 3.63) is 53.7 Å². The standard InChI is InChI=1S/C13H11F2N3O2/c1-20-13-11(15)6-10(7-16-13)17-18-12(19)8-2-4-9(14)5-3-8/h2-7,17H,1H3,(H,18,19). The number of carbonyl (C=O) groups is 1. The number of nitrogens with zero attached hydrogens (tertiary/aromatic N) is 1. The van der Waals surface area contributed by atoms with Crippen LogP contribution in [-0.4, -0.2) is 18.0 Å². The molecule has 0 saturated heterocycles. The maximum atomic E-state index is 13.4. The third-order valence-electron chi connectivity index (χ3n) is 2.43. The molecule has 0 aliphatic rings. The summed E-state index contributed by atoms with van der Waals surface area (Å²) in [5.41, 5.74) is 5.35. The van der Waals surface area contributed by atoms with Crippen LogP contribution in [0.5, 0.6) is 5.88 Å². The van der Waals surface area contributed by atoms with Crippen LogP contribution in [0.2, 0.25) is 0 Å². The van der Waals surface area contributed by atoms with Crippen LogP contribution in [-0.2, 0) is 0 Å². The molecule has 0 unspecified atom stereocenters. The molecule has 1 aromatic carbocycles. The summed E-state index contributed by atoms with van der Waals surface area (Å²) in [6.07, 6.45) is 1.30. The molecule has 2 N–H and O–H groups in total. The zero-order chi connectivity index (χ0) is 14.5. The zero-order valence-corrected chi connectivity index (χ0v) is 10.5. The Morgan fingerprint density at radius 1 is 1.25 bits per heavy atom. The normalized spacial score (nSPS) is 9.95. The third-order valence-corrected chi connectivity index (χ3v) is 2.43. The van der Waals surface area contributed by atoms with Gasteiger partial charge in [0.05, 0.1) is 19.0 Å². The fraction of sp³-hybridized carbons (Fsp3) is 0.0769. The highest BCUT2D eigenvalue weighted by Gasteiger charge is 2.07. The topological polar surface area (TPSA) is 63.2 Å². The van der Waals surface area contributed by atoms with E-state index < -0.39 is 17.5 Å². The minimum absolute atomic E-state index is 0.139. The summed E-state index contributed by atoms with van der Waals surface area (Å²) < 4.78 is 30.7. The van der Waals surface area contributed by atoms with E-state index in [9.17, 15) is 13.6 Å². The smallest absolute Gasteiger partial charge is 0.269 e. The zero-order valence-electron chi connectivity index (χ0n) is 10.5. The van der Waals surface area contributed by atoms with Crippen molar-refractivity contribution in [1.82, 2.24) is 10.4 Å². The van der Waals surface area contributed by atoms with Gasteiger partial charge in [0, 0.05) is 11.6 Å². The van der Waals surface area contributed by atoms with E-state index in [1.807, 2.05) is 0 Å². The number of hydrazine groups is 1. The van der Waals surface area contributed by atoms with E-state index in [4.69, 9.17) is 0 Å². The molecule has 1 aromatic heterocycles. The second-order valence-electron chi connectivity index (χ2n) is 3.80. The summed E-state index contributed by atoms with van der Waals surface area (Å²) in [5.74, 6) is -1.72. The number of pyridine rings is 1. The van der Waals surface area contributed by atoms with Gasteiger partial charge in [-0.1, -0.05) is 0 Å². The van der Waals surface area contributed by atoms with Crippen molar-refractivity contribution in [3.8, 4) is 5.88 Å². The van der Waals surface area contributed by atoms with E-state index in [1.165, 1.54) is 37.6 Å². The number of rotatable bonds is 4. The molecule has 0 aliphatic carbocycles. The number of hydrogen-bond acceptors (Lipinski definition) is 4. The van der Waals surface area contributed by atoms with Gasteiger partial charge in [-0.2, -0.15) is 0 Å². The van der Waals surface area contributed by atoms with Crippen LogP contribution < -0.4 is 15.6 Å². The van der Waals surface area contributed by atoms with E-state index in [2.05, 4.69) is 20.6 Å². The number of carbonyl (C=O) groups excluding carboxylic acids is 1. The molecule has 1 amide bonds. The van der Waals surface area contributed by atoms with Crippen LogP contribution in [0, 0.1) is 11.6 Å². The highest BCUT2D eigenvalue weighted by Crippen LogP contribution is 2.16. The minimum atomic E-state index is -0.659. The van der Waals surface area contributed by atoms with Gasteiger partial charge in [-0.25, -0.2) is 13.8 Å². The molecule has 0 radical (unpaired) electrons. The first-order valence-corrected chi connectivity index (χ1v) is 5.61. The summed E-state index contributed by atoms with van der Waals surface area (Å²) in [4.78, 5) is 15.4. The summed E-state index contributed by atoms with van der Waals surface area (Å²) in [5, 5.41) is 0. The number of aromatic nitrogens is 1. The molecule has 0 aliphatic heterocycles. The molecule has 0 atom stereocenters. The molecular weight excluding hydrogens is 268 g/mol. The van der Waals surface area contributed by atoms with E-state index in [0.717, 1.165) is 6.07 Å². The molecule has 0 bridgehead atoms. The van der Waals surface area contributed by atoms with Crippen LogP contribution in [0.15, 0.2) is 36.5 Å². The first-order chi connectivity index (χ1) is 9.60. The van der Waals surface area contributed by atoms with E-state index in [-0.39, 0.29) is 17.1 Å². The number of nitrogens with one attached hydrogen (secondary N) is 2. The van der Waals surface area contributed by atoms with E-state index in [1.54, 1.807) is 0 Å². The fourth-order valence-corrected chi connectivity index (χ4v) is 1.45. The summed E-state index contributed by atoms with van der Waals surface area (Å²) in [7, 11) is 1.30. The molecule has 20 heavy (non-hydrogen) atoms. The second kappa shape index (κ2) is 5.96. The van der Waals surface area contributed by atoms with Crippen molar-refractivity contribution in [2.24, 2.45) is 0 Å². The third kappa shape index (κ3) is 3.19. The summed E-state index contributed by atoms with van der Waals surface area (Å²) >= 11 is 0. The molecule has 2 rings (SSSR count). The average Bonchev–Trinajstić information content (AvgIpc) is 2.45. The maximum Gasteiger partial charge on any atom is 0.269 e. The largest absolute Gasteiger partial charge is 0.479 e. The van der Waals surface area contributed by atoms with Gasteiger partial charge in [0.15, 0.2) is 5.82 Å². The molecule has 0 fully saturated rings. The lowest BCUT2D eigenvalue weighted by Gasteiger charge is -2.09. The van der Waals surface area contributed by atoms with Crippen LogP contribution in [0.25, 0.3) is 0 Å². The quantitative estimate of drug-likeness (QED) is 0.842. The summed E-state index contributed by atoms with van der Waals surface area (Å²) in [6.45, 7) is 0. The molecule has 2 aromatic rings. The van der Waals surface area contributed by atoms with Crippen LogP contribution >= 0.6 is 0 Å². The average molecular weight is 279 g/mol. The molecule has 104 valence electrons. The predicted molar refractivity (Wildman–Crippen MR) is 68.2 cm³/mol. The van der Waals surface area contributed by atoms with Gasteiger partial charge in [-0.3, -0.25) is 15.6 Å². The van der Waals surface area contributed by atoms with Gasteiger partial charge in [0.2, 0.25) is 5.88 Å².